The van der Waals surface area contributed by atoms with Crippen molar-refractivity contribution >= 4 is 0 Å². The second-order valence-electron chi connectivity index (χ2n) is 4.44. The molecular weight excluding hydrogens is 250 g/mol. The quantitative estimate of drug-likeness (QED) is 0.816. The van der Waals surface area contributed by atoms with Crippen LogP contribution in [0.25, 0.3) is 0 Å². The van der Waals surface area contributed by atoms with Crippen molar-refractivity contribution in [2.75, 3.05) is 13.7 Å². The van der Waals surface area contributed by atoms with E-state index in [9.17, 15) is 0 Å². The summed E-state index contributed by atoms with van der Waals surface area (Å²) in [6, 6.07) is 13.8. The zero-order chi connectivity index (χ0) is 14.2. The second kappa shape index (κ2) is 7.27. The minimum Gasteiger partial charge on any atom is -0.497 e. The third kappa shape index (κ3) is 4.08. The van der Waals surface area contributed by atoms with Crippen LogP contribution in [0.4, 0.5) is 0 Å². The summed E-state index contributed by atoms with van der Waals surface area (Å²) in [5.74, 6) is 0.885. The number of ether oxygens (including phenoxy) is 1. The molecule has 0 radical (unpaired) electrons. The number of nitriles is 1. The summed E-state index contributed by atoms with van der Waals surface area (Å²) in [5, 5.41) is 12.1. The molecule has 1 aromatic carbocycles. The minimum atomic E-state index is 0.456. The van der Waals surface area contributed by atoms with Gasteiger partial charge in [0.05, 0.1) is 7.11 Å². The van der Waals surface area contributed by atoms with Crippen LogP contribution in [0, 0.1) is 11.3 Å². The fourth-order valence-electron chi connectivity index (χ4n) is 1.94. The maximum Gasteiger partial charge on any atom is 0.140 e. The van der Waals surface area contributed by atoms with Crippen molar-refractivity contribution in [3.8, 4) is 11.8 Å². The highest BCUT2D eigenvalue weighted by Crippen LogP contribution is 2.12. The topological polar surface area (TPSA) is 57.9 Å². The molecule has 4 nitrogen and oxygen atoms in total. The first-order valence-electron chi connectivity index (χ1n) is 6.50. The summed E-state index contributed by atoms with van der Waals surface area (Å²) < 4.78 is 5.20. The highest BCUT2D eigenvalue weighted by molar-refractivity contribution is 5.28. The summed E-state index contributed by atoms with van der Waals surface area (Å²) in [6.07, 6.45) is 2.60. The molecule has 0 bridgehead atoms. The molecule has 0 fully saturated rings. The molecule has 0 unspecified atom stereocenters. The first kappa shape index (κ1) is 14.0. The number of hydrogen-bond donors (Lipinski definition) is 1. The summed E-state index contributed by atoms with van der Waals surface area (Å²) in [7, 11) is 1.67. The molecule has 0 atom stereocenters. The standard InChI is InChI=1S/C16H17N3O/c1-20-16-4-2-3-13(10-16)5-7-18-12-14-6-8-19-15(9-14)11-17/h2-4,6,8-10,18H,5,7,12H2,1H3. The second-order valence-corrected chi connectivity index (χ2v) is 4.44. The molecule has 2 rings (SSSR count). The van der Waals surface area contributed by atoms with Gasteiger partial charge in [0.25, 0.3) is 0 Å². The summed E-state index contributed by atoms with van der Waals surface area (Å²) >= 11 is 0. The lowest BCUT2D eigenvalue weighted by molar-refractivity contribution is 0.414. The Balaban J connectivity index is 1.80. The number of methoxy groups -OCH3 is 1. The summed E-state index contributed by atoms with van der Waals surface area (Å²) in [4.78, 5) is 3.95. The minimum absolute atomic E-state index is 0.456. The van der Waals surface area contributed by atoms with Crippen LogP contribution in [0.15, 0.2) is 42.6 Å². The van der Waals surface area contributed by atoms with Crippen molar-refractivity contribution in [2.45, 2.75) is 13.0 Å². The average Bonchev–Trinajstić information content (AvgIpc) is 2.52. The van der Waals surface area contributed by atoms with Crippen LogP contribution in [0.1, 0.15) is 16.8 Å². The number of nitrogens with one attached hydrogen (secondary N) is 1. The van der Waals surface area contributed by atoms with Gasteiger partial charge in [-0.15, -0.1) is 0 Å². The Bertz CT molecular complexity index is 605. The molecule has 102 valence electrons. The van der Waals surface area contributed by atoms with Gasteiger partial charge in [-0.25, -0.2) is 4.98 Å². The van der Waals surface area contributed by atoms with Crippen LogP contribution in [0.3, 0.4) is 0 Å². The van der Waals surface area contributed by atoms with Crippen molar-refractivity contribution in [2.24, 2.45) is 0 Å². The molecule has 0 aliphatic rings. The number of nitrogens with zero attached hydrogens (tertiary/aromatic N) is 2. The van der Waals surface area contributed by atoms with E-state index in [1.54, 1.807) is 19.4 Å². The van der Waals surface area contributed by atoms with Crippen molar-refractivity contribution < 1.29 is 4.74 Å². The summed E-state index contributed by atoms with van der Waals surface area (Å²) in [5.41, 5.74) is 2.77. The van der Waals surface area contributed by atoms with Crippen molar-refractivity contribution in [3.63, 3.8) is 0 Å². The lowest BCUT2D eigenvalue weighted by Crippen LogP contribution is -2.16. The molecule has 0 aliphatic carbocycles. The Labute approximate surface area is 119 Å². The molecule has 1 N–H and O–H groups in total. The van der Waals surface area contributed by atoms with E-state index in [0.717, 1.165) is 30.8 Å². The Kier molecular flexibility index (Phi) is 5.10. The van der Waals surface area contributed by atoms with Crippen LogP contribution in [0.5, 0.6) is 5.75 Å². The largest absolute Gasteiger partial charge is 0.497 e. The third-order valence-corrected chi connectivity index (χ3v) is 2.99. The van der Waals surface area contributed by atoms with E-state index in [1.165, 1.54) is 5.56 Å². The number of aromatic nitrogens is 1. The number of benzene rings is 1. The predicted octanol–water partition coefficient (Wildman–Crippen LogP) is 2.29. The van der Waals surface area contributed by atoms with Gasteiger partial charge in [0.1, 0.15) is 17.5 Å². The molecule has 20 heavy (non-hydrogen) atoms. The van der Waals surface area contributed by atoms with E-state index in [-0.39, 0.29) is 0 Å². The smallest absolute Gasteiger partial charge is 0.140 e. The van der Waals surface area contributed by atoms with E-state index in [4.69, 9.17) is 10.00 Å². The summed E-state index contributed by atoms with van der Waals surface area (Å²) in [6.45, 7) is 1.61. The molecule has 1 heterocycles. The van der Waals surface area contributed by atoms with Gasteiger partial charge in [0.2, 0.25) is 0 Å². The van der Waals surface area contributed by atoms with E-state index in [1.807, 2.05) is 30.3 Å². The van der Waals surface area contributed by atoms with Gasteiger partial charge in [-0.1, -0.05) is 12.1 Å². The third-order valence-electron chi connectivity index (χ3n) is 2.99. The van der Waals surface area contributed by atoms with Crippen molar-refractivity contribution in [1.82, 2.24) is 10.3 Å². The fourth-order valence-corrected chi connectivity index (χ4v) is 1.94. The van der Waals surface area contributed by atoms with Crippen LogP contribution in [0.2, 0.25) is 0 Å². The molecule has 4 heteroatoms. The van der Waals surface area contributed by atoms with Crippen LogP contribution in [-0.2, 0) is 13.0 Å². The number of pyridine rings is 1. The molecule has 0 saturated heterocycles. The number of hydrogen-bond acceptors (Lipinski definition) is 4. The Morgan fingerprint density at radius 3 is 2.95 bits per heavy atom. The van der Waals surface area contributed by atoms with Crippen LogP contribution >= 0.6 is 0 Å². The van der Waals surface area contributed by atoms with Crippen molar-refractivity contribution in [3.05, 3.63) is 59.4 Å². The van der Waals surface area contributed by atoms with Crippen molar-refractivity contribution in [1.29, 1.82) is 5.26 Å². The van der Waals surface area contributed by atoms with Gasteiger partial charge >= 0.3 is 0 Å². The van der Waals surface area contributed by atoms with Gasteiger partial charge in [0, 0.05) is 12.7 Å². The maximum atomic E-state index is 8.79. The van der Waals surface area contributed by atoms with Crippen LogP contribution < -0.4 is 10.1 Å². The fraction of sp³-hybridized carbons (Fsp3) is 0.250. The molecule has 0 aliphatic heterocycles. The zero-order valence-electron chi connectivity index (χ0n) is 11.5. The van der Waals surface area contributed by atoms with Gasteiger partial charge in [-0.2, -0.15) is 5.26 Å². The predicted molar refractivity (Wildman–Crippen MR) is 77.4 cm³/mol. The lowest BCUT2D eigenvalue weighted by Gasteiger charge is -2.06. The maximum absolute atomic E-state index is 8.79. The average molecular weight is 267 g/mol. The zero-order valence-corrected chi connectivity index (χ0v) is 11.5. The number of rotatable bonds is 6. The first-order chi connectivity index (χ1) is 9.81. The highest BCUT2D eigenvalue weighted by Gasteiger charge is 1.98. The van der Waals surface area contributed by atoms with E-state index < -0.39 is 0 Å². The first-order valence-corrected chi connectivity index (χ1v) is 6.50. The van der Waals surface area contributed by atoms with E-state index >= 15 is 0 Å². The molecular formula is C16H17N3O. The Morgan fingerprint density at radius 1 is 1.25 bits per heavy atom. The Hall–Kier alpha value is -2.38. The van der Waals surface area contributed by atoms with Gasteiger partial charge in [0.15, 0.2) is 0 Å². The molecule has 0 spiro atoms. The van der Waals surface area contributed by atoms with Gasteiger partial charge in [-0.05, 0) is 48.4 Å². The highest BCUT2D eigenvalue weighted by atomic mass is 16.5. The van der Waals surface area contributed by atoms with Gasteiger partial charge < -0.3 is 10.1 Å². The molecule has 1 aromatic heterocycles. The molecule has 0 amide bonds. The lowest BCUT2D eigenvalue weighted by atomic mass is 10.1. The molecule has 0 saturated carbocycles. The van der Waals surface area contributed by atoms with E-state index in [2.05, 4.69) is 16.4 Å². The molecule has 2 aromatic rings. The SMILES string of the molecule is COc1cccc(CCNCc2ccnc(C#N)c2)c1. The van der Waals surface area contributed by atoms with Gasteiger partial charge in [-0.3, -0.25) is 0 Å². The Morgan fingerprint density at radius 2 is 2.15 bits per heavy atom. The normalized spacial score (nSPS) is 10.0. The monoisotopic (exact) mass is 267 g/mol. The van der Waals surface area contributed by atoms with Crippen LogP contribution in [-0.4, -0.2) is 18.6 Å². The van der Waals surface area contributed by atoms with E-state index in [0.29, 0.717) is 5.69 Å².